The molecule has 0 bridgehead atoms. The Bertz CT molecular complexity index is 607. The maximum atomic E-state index is 12.5. The van der Waals surface area contributed by atoms with E-state index in [1.807, 2.05) is 27.7 Å². The lowest BCUT2D eigenvalue weighted by atomic mass is 10.0. The van der Waals surface area contributed by atoms with Crippen LogP contribution < -0.4 is 21.7 Å². The SMILES string of the molecule is CC(C)CC(NC(=O)C(CC(C)C)NC(=O)CNC(=O)C(N)CC(=O)O)C(=O)O. The Morgan fingerprint density at radius 1 is 0.828 bits per heavy atom. The molecular formula is C18H32N4O7. The van der Waals surface area contributed by atoms with Gasteiger partial charge >= 0.3 is 11.9 Å². The van der Waals surface area contributed by atoms with Crippen molar-refractivity contribution in [3.8, 4) is 0 Å². The summed E-state index contributed by atoms with van der Waals surface area (Å²) < 4.78 is 0. The van der Waals surface area contributed by atoms with Crippen LogP contribution in [-0.4, -0.2) is 64.5 Å². The van der Waals surface area contributed by atoms with Crippen molar-refractivity contribution in [1.82, 2.24) is 16.0 Å². The summed E-state index contributed by atoms with van der Waals surface area (Å²) in [4.78, 5) is 58.2. The molecule has 0 heterocycles. The largest absolute Gasteiger partial charge is 0.481 e. The van der Waals surface area contributed by atoms with Crippen molar-refractivity contribution in [2.45, 2.75) is 65.1 Å². The van der Waals surface area contributed by atoms with E-state index in [4.69, 9.17) is 10.8 Å². The number of carboxylic acid groups (broad SMARTS) is 2. The second kappa shape index (κ2) is 12.7. The molecule has 29 heavy (non-hydrogen) atoms. The molecule has 166 valence electrons. The van der Waals surface area contributed by atoms with E-state index in [1.165, 1.54) is 0 Å². The third kappa shape index (κ3) is 11.7. The Hall–Kier alpha value is -2.69. The summed E-state index contributed by atoms with van der Waals surface area (Å²) in [6, 6.07) is -3.37. The fourth-order valence-electron chi connectivity index (χ4n) is 2.49. The zero-order chi connectivity index (χ0) is 22.7. The highest BCUT2D eigenvalue weighted by molar-refractivity contribution is 5.93. The first-order valence-corrected chi connectivity index (χ1v) is 9.41. The number of carbonyl (C=O) groups excluding carboxylic acids is 3. The van der Waals surface area contributed by atoms with Crippen molar-refractivity contribution in [3.05, 3.63) is 0 Å². The molecule has 0 saturated carbocycles. The lowest BCUT2D eigenvalue weighted by Gasteiger charge is -2.23. The van der Waals surface area contributed by atoms with Crippen molar-refractivity contribution >= 4 is 29.7 Å². The van der Waals surface area contributed by atoms with Crippen LogP contribution in [0.4, 0.5) is 0 Å². The topological polar surface area (TPSA) is 188 Å². The number of hydrogen-bond acceptors (Lipinski definition) is 6. The van der Waals surface area contributed by atoms with E-state index in [9.17, 15) is 29.1 Å². The molecule has 0 saturated heterocycles. The van der Waals surface area contributed by atoms with Gasteiger partial charge in [-0.2, -0.15) is 0 Å². The standard InChI is InChI=1S/C18H32N4O7/c1-9(2)5-12(17(27)22-13(18(28)29)6-10(3)4)21-14(23)8-20-16(26)11(19)7-15(24)25/h9-13H,5-8,19H2,1-4H3,(H,20,26)(H,21,23)(H,22,27)(H,24,25)(H,28,29). The molecule has 3 amide bonds. The minimum absolute atomic E-state index is 0.0259. The van der Waals surface area contributed by atoms with Gasteiger partial charge in [-0.25, -0.2) is 4.79 Å². The van der Waals surface area contributed by atoms with Gasteiger partial charge in [0, 0.05) is 0 Å². The highest BCUT2D eigenvalue weighted by Gasteiger charge is 2.28. The summed E-state index contributed by atoms with van der Waals surface area (Å²) in [6.07, 6.45) is -0.0860. The van der Waals surface area contributed by atoms with Crippen LogP contribution in [0.15, 0.2) is 0 Å². The van der Waals surface area contributed by atoms with E-state index < -0.39 is 60.8 Å². The van der Waals surface area contributed by atoms with Gasteiger partial charge in [-0.15, -0.1) is 0 Å². The molecular weight excluding hydrogens is 384 g/mol. The van der Waals surface area contributed by atoms with Crippen molar-refractivity contribution in [3.63, 3.8) is 0 Å². The molecule has 7 N–H and O–H groups in total. The average molecular weight is 416 g/mol. The summed E-state index contributed by atoms with van der Waals surface area (Å²) >= 11 is 0. The summed E-state index contributed by atoms with van der Waals surface area (Å²) in [6.45, 7) is 6.83. The van der Waals surface area contributed by atoms with Gasteiger partial charge in [0.25, 0.3) is 0 Å². The van der Waals surface area contributed by atoms with E-state index in [0.717, 1.165) is 0 Å². The first kappa shape index (κ1) is 26.3. The van der Waals surface area contributed by atoms with Crippen LogP contribution in [0.2, 0.25) is 0 Å². The summed E-state index contributed by atoms with van der Waals surface area (Å²) in [5.41, 5.74) is 5.40. The zero-order valence-electron chi connectivity index (χ0n) is 17.2. The number of carboxylic acids is 2. The number of aliphatic carboxylic acids is 2. The third-order valence-electron chi connectivity index (χ3n) is 3.83. The molecule has 3 unspecified atom stereocenters. The number of rotatable bonds is 13. The quantitative estimate of drug-likeness (QED) is 0.221. The molecule has 11 heteroatoms. The fourth-order valence-corrected chi connectivity index (χ4v) is 2.49. The monoisotopic (exact) mass is 416 g/mol. The molecule has 11 nitrogen and oxygen atoms in total. The normalized spacial score (nSPS) is 14.0. The Morgan fingerprint density at radius 3 is 1.79 bits per heavy atom. The molecule has 0 aromatic heterocycles. The minimum Gasteiger partial charge on any atom is -0.481 e. The lowest BCUT2D eigenvalue weighted by molar-refractivity contribution is -0.142. The predicted molar refractivity (Wildman–Crippen MR) is 104 cm³/mol. The van der Waals surface area contributed by atoms with Gasteiger partial charge in [-0.05, 0) is 24.7 Å². The zero-order valence-corrected chi connectivity index (χ0v) is 17.2. The molecule has 0 radical (unpaired) electrons. The first-order chi connectivity index (χ1) is 13.3. The molecule has 0 fully saturated rings. The molecule has 0 aliphatic heterocycles. The van der Waals surface area contributed by atoms with Gasteiger partial charge in [-0.1, -0.05) is 27.7 Å². The number of nitrogens with two attached hydrogens (primary N) is 1. The van der Waals surface area contributed by atoms with Gasteiger partial charge in [0.15, 0.2) is 0 Å². The molecule has 0 aromatic rings. The molecule has 0 aliphatic carbocycles. The third-order valence-corrected chi connectivity index (χ3v) is 3.83. The van der Waals surface area contributed by atoms with Crippen LogP contribution in [0.1, 0.15) is 47.0 Å². The van der Waals surface area contributed by atoms with Crippen LogP contribution in [-0.2, 0) is 24.0 Å². The van der Waals surface area contributed by atoms with Crippen molar-refractivity contribution in [1.29, 1.82) is 0 Å². The van der Waals surface area contributed by atoms with E-state index in [-0.39, 0.29) is 24.7 Å². The van der Waals surface area contributed by atoms with Crippen molar-refractivity contribution in [2.24, 2.45) is 17.6 Å². The summed E-state index contributed by atoms with van der Waals surface area (Å²) in [5, 5.41) is 25.0. The van der Waals surface area contributed by atoms with Crippen LogP contribution in [0, 0.1) is 11.8 Å². The van der Waals surface area contributed by atoms with Crippen molar-refractivity contribution in [2.75, 3.05) is 6.54 Å². The highest BCUT2D eigenvalue weighted by atomic mass is 16.4. The smallest absolute Gasteiger partial charge is 0.326 e. The molecule has 3 atom stereocenters. The van der Waals surface area contributed by atoms with Crippen molar-refractivity contribution < 1.29 is 34.2 Å². The second-order valence-electron chi connectivity index (χ2n) is 7.70. The maximum absolute atomic E-state index is 12.5. The van der Waals surface area contributed by atoms with E-state index in [1.54, 1.807) is 0 Å². The fraction of sp³-hybridized carbons (Fsp3) is 0.722. The van der Waals surface area contributed by atoms with Gasteiger partial charge in [-0.3, -0.25) is 19.2 Å². The molecule has 0 aromatic carbocycles. The number of carbonyl (C=O) groups is 5. The average Bonchev–Trinajstić information content (AvgIpc) is 2.56. The van der Waals surface area contributed by atoms with E-state index in [2.05, 4.69) is 16.0 Å². The first-order valence-electron chi connectivity index (χ1n) is 9.41. The number of nitrogens with one attached hydrogen (secondary N) is 3. The summed E-state index contributed by atoms with van der Waals surface area (Å²) in [5.74, 6) is -4.47. The lowest BCUT2D eigenvalue weighted by Crippen LogP contribution is -2.54. The van der Waals surface area contributed by atoms with Crippen LogP contribution in [0.25, 0.3) is 0 Å². The Morgan fingerprint density at radius 2 is 1.34 bits per heavy atom. The minimum atomic E-state index is -1.30. The van der Waals surface area contributed by atoms with Crippen LogP contribution >= 0.6 is 0 Å². The Labute approximate surface area is 169 Å². The van der Waals surface area contributed by atoms with Gasteiger partial charge < -0.3 is 31.9 Å². The second-order valence-corrected chi connectivity index (χ2v) is 7.70. The molecule has 0 spiro atoms. The summed E-state index contributed by atoms with van der Waals surface area (Å²) in [7, 11) is 0. The van der Waals surface area contributed by atoms with Gasteiger partial charge in [0.05, 0.1) is 19.0 Å². The Balaban J connectivity index is 4.90. The predicted octanol–water partition coefficient (Wildman–Crippen LogP) is -0.949. The number of amides is 3. The van der Waals surface area contributed by atoms with Gasteiger partial charge in [0.1, 0.15) is 12.1 Å². The Kier molecular flexibility index (Phi) is 11.5. The maximum Gasteiger partial charge on any atom is 0.326 e. The van der Waals surface area contributed by atoms with E-state index in [0.29, 0.717) is 0 Å². The molecule has 0 rings (SSSR count). The van der Waals surface area contributed by atoms with Gasteiger partial charge in [0.2, 0.25) is 17.7 Å². The highest BCUT2D eigenvalue weighted by Crippen LogP contribution is 2.08. The molecule has 0 aliphatic rings. The van der Waals surface area contributed by atoms with E-state index >= 15 is 0 Å². The number of hydrogen-bond donors (Lipinski definition) is 6. The van der Waals surface area contributed by atoms with Crippen LogP contribution in [0.5, 0.6) is 0 Å². The van der Waals surface area contributed by atoms with Crippen LogP contribution in [0.3, 0.4) is 0 Å².